The van der Waals surface area contributed by atoms with Gasteiger partial charge < -0.3 is 4.74 Å². The molecule has 0 N–H and O–H groups in total. The van der Waals surface area contributed by atoms with E-state index in [0.717, 1.165) is 17.7 Å². The van der Waals surface area contributed by atoms with Crippen LogP contribution in [0.15, 0.2) is 42.6 Å². The number of likely N-dealkylation sites (tertiary alicyclic amines) is 1. The number of rotatable bonds is 5. The van der Waals surface area contributed by atoms with Gasteiger partial charge in [0.25, 0.3) is 0 Å². The van der Waals surface area contributed by atoms with E-state index in [1.165, 1.54) is 44.5 Å². The van der Waals surface area contributed by atoms with Gasteiger partial charge in [-0.3, -0.25) is 4.90 Å². The third-order valence-electron chi connectivity index (χ3n) is 4.00. The fourth-order valence-corrected chi connectivity index (χ4v) is 2.77. The van der Waals surface area contributed by atoms with Gasteiger partial charge in [-0.05, 0) is 49.7 Å². The quantitative estimate of drug-likeness (QED) is 0.841. The first kappa shape index (κ1) is 15.0. The zero-order valence-electron chi connectivity index (χ0n) is 12.7. The standard InChI is InChI=1S/C18H21FN2O/c19-17-6-4-5-15(13-17)16-7-8-18(20-14-16)22-12-11-21-9-2-1-3-10-21/h4-8,13-14H,1-3,9-12H2. The summed E-state index contributed by atoms with van der Waals surface area (Å²) in [5.41, 5.74) is 1.72. The molecule has 4 heteroatoms. The Hall–Kier alpha value is -1.94. The fraction of sp³-hybridized carbons (Fsp3) is 0.389. The molecule has 22 heavy (non-hydrogen) atoms. The van der Waals surface area contributed by atoms with Crippen molar-refractivity contribution in [3.8, 4) is 17.0 Å². The zero-order chi connectivity index (χ0) is 15.2. The molecule has 1 aromatic heterocycles. The normalized spacial score (nSPS) is 15.7. The van der Waals surface area contributed by atoms with Crippen LogP contribution in [0.5, 0.6) is 5.88 Å². The van der Waals surface area contributed by atoms with Crippen molar-refractivity contribution in [1.29, 1.82) is 0 Å². The van der Waals surface area contributed by atoms with Gasteiger partial charge in [0.2, 0.25) is 5.88 Å². The lowest BCUT2D eigenvalue weighted by Crippen LogP contribution is -2.33. The van der Waals surface area contributed by atoms with Gasteiger partial charge >= 0.3 is 0 Å². The van der Waals surface area contributed by atoms with E-state index in [0.29, 0.717) is 12.5 Å². The van der Waals surface area contributed by atoms with Crippen molar-refractivity contribution in [2.75, 3.05) is 26.2 Å². The molecule has 1 aliphatic rings. The predicted molar refractivity (Wildman–Crippen MR) is 85.4 cm³/mol. The third kappa shape index (κ3) is 4.04. The van der Waals surface area contributed by atoms with Crippen LogP contribution in [0, 0.1) is 5.82 Å². The Balaban J connectivity index is 1.53. The van der Waals surface area contributed by atoms with E-state index in [1.54, 1.807) is 12.3 Å². The first-order valence-corrected chi connectivity index (χ1v) is 7.88. The SMILES string of the molecule is Fc1cccc(-c2ccc(OCCN3CCCCC3)nc2)c1. The van der Waals surface area contributed by atoms with Gasteiger partial charge in [-0.2, -0.15) is 0 Å². The van der Waals surface area contributed by atoms with Gasteiger partial charge in [0.15, 0.2) is 0 Å². The average Bonchev–Trinajstić information content (AvgIpc) is 2.56. The van der Waals surface area contributed by atoms with Crippen molar-refractivity contribution < 1.29 is 9.13 Å². The van der Waals surface area contributed by atoms with Crippen LogP contribution in [-0.2, 0) is 0 Å². The molecule has 2 heterocycles. The van der Waals surface area contributed by atoms with Crippen LogP contribution >= 0.6 is 0 Å². The minimum atomic E-state index is -0.237. The Kier molecular flexibility index (Phi) is 5.01. The number of piperidine rings is 1. The van der Waals surface area contributed by atoms with Crippen molar-refractivity contribution in [2.45, 2.75) is 19.3 Å². The van der Waals surface area contributed by atoms with Gasteiger partial charge in [0.05, 0.1) is 0 Å². The highest BCUT2D eigenvalue weighted by atomic mass is 19.1. The Labute approximate surface area is 130 Å². The van der Waals surface area contributed by atoms with Crippen molar-refractivity contribution in [2.24, 2.45) is 0 Å². The fourth-order valence-electron chi connectivity index (χ4n) is 2.77. The molecule has 3 rings (SSSR count). The van der Waals surface area contributed by atoms with Crippen molar-refractivity contribution in [3.63, 3.8) is 0 Å². The number of pyridine rings is 1. The molecular formula is C18H21FN2O. The molecule has 1 aliphatic heterocycles. The maximum absolute atomic E-state index is 13.2. The van der Waals surface area contributed by atoms with Crippen molar-refractivity contribution in [3.05, 3.63) is 48.4 Å². The van der Waals surface area contributed by atoms with Crippen LogP contribution in [0.4, 0.5) is 4.39 Å². The minimum absolute atomic E-state index is 0.237. The van der Waals surface area contributed by atoms with E-state index in [2.05, 4.69) is 9.88 Å². The number of halogens is 1. The van der Waals surface area contributed by atoms with Gasteiger partial charge in [0.1, 0.15) is 12.4 Å². The second-order valence-electron chi connectivity index (χ2n) is 5.65. The smallest absolute Gasteiger partial charge is 0.213 e. The predicted octanol–water partition coefficient (Wildman–Crippen LogP) is 3.75. The lowest BCUT2D eigenvalue weighted by molar-refractivity contribution is 0.180. The summed E-state index contributed by atoms with van der Waals surface area (Å²) in [4.78, 5) is 6.74. The summed E-state index contributed by atoms with van der Waals surface area (Å²) >= 11 is 0. The van der Waals surface area contributed by atoms with Gasteiger partial charge in [-0.1, -0.05) is 18.6 Å². The molecule has 0 amide bonds. The largest absolute Gasteiger partial charge is 0.476 e. The van der Waals surface area contributed by atoms with E-state index in [-0.39, 0.29) is 5.82 Å². The average molecular weight is 300 g/mol. The van der Waals surface area contributed by atoms with Crippen molar-refractivity contribution in [1.82, 2.24) is 9.88 Å². The minimum Gasteiger partial charge on any atom is -0.476 e. The maximum atomic E-state index is 13.2. The van der Waals surface area contributed by atoms with Crippen LogP contribution in [0.1, 0.15) is 19.3 Å². The molecule has 0 atom stereocenters. The van der Waals surface area contributed by atoms with Gasteiger partial charge in [-0.15, -0.1) is 0 Å². The molecule has 1 aromatic carbocycles. The van der Waals surface area contributed by atoms with E-state index in [1.807, 2.05) is 18.2 Å². The molecule has 116 valence electrons. The van der Waals surface area contributed by atoms with Crippen LogP contribution in [0.2, 0.25) is 0 Å². The van der Waals surface area contributed by atoms with Gasteiger partial charge in [-0.25, -0.2) is 9.37 Å². The van der Waals surface area contributed by atoms with Crippen LogP contribution in [-0.4, -0.2) is 36.1 Å². The topological polar surface area (TPSA) is 25.4 Å². The van der Waals surface area contributed by atoms with E-state index in [9.17, 15) is 4.39 Å². The van der Waals surface area contributed by atoms with Crippen LogP contribution in [0.3, 0.4) is 0 Å². The summed E-state index contributed by atoms with van der Waals surface area (Å²) in [7, 11) is 0. The zero-order valence-corrected chi connectivity index (χ0v) is 12.7. The molecule has 2 aromatic rings. The number of nitrogens with zero attached hydrogens (tertiary/aromatic N) is 2. The lowest BCUT2D eigenvalue weighted by atomic mass is 10.1. The number of hydrogen-bond acceptors (Lipinski definition) is 3. The first-order chi connectivity index (χ1) is 10.8. The molecule has 0 radical (unpaired) electrons. The Bertz CT molecular complexity index is 594. The molecule has 1 saturated heterocycles. The second kappa shape index (κ2) is 7.36. The molecule has 0 spiro atoms. The summed E-state index contributed by atoms with van der Waals surface area (Å²) in [5.74, 6) is 0.386. The Morgan fingerprint density at radius 1 is 1.05 bits per heavy atom. The Morgan fingerprint density at radius 2 is 1.91 bits per heavy atom. The molecule has 0 aliphatic carbocycles. The van der Waals surface area contributed by atoms with E-state index in [4.69, 9.17) is 4.74 Å². The lowest BCUT2D eigenvalue weighted by Gasteiger charge is -2.26. The van der Waals surface area contributed by atoms with Crippen LogP contribution in [0.25, 0.3) is 11.1 Å². The van der Waals surface area contributed by atoms with Crippen LogP contribution < -0.4 is 4.74 Å². The summed E-state index contributed by atoms with van der Waals surface area (Å²) < 4.78 is 18.9. The molecule has 0 saturated carbocycles. The third-order valence-corrected chi connectivity index (χ3v) is 4.00. The summed E-state index contributed by atoms with van der Waals surface area (Å²) in [6.07, 6.45) is 5.66. The molecule has 3 nitrogen and oxygen atoms in total. The Morgan fingerprint density at radius 3 is 2.64 bits per heavy atom. The second-order valence-corrected chi connectivity index (χ2v) is 5.65. The first-order valence-electron chi connectivity index (χ1n) is 7.88. The molecule has 1 fully saturated rings. The summed E-state index contributed by atoms with van der Waals surface area (Å²) in [5, 5.41) is 0. The highest BCUT2D eigenvalue weighted by Crippen LogP contribution is 2.21. The number of benzene rings is 1. The summed E-state index contributed by atoms with van der Waals surface area (Å²) in [6.45, 7) is 3.96. The number of ether oxygens (including phenoxy) is 1. The highest BCUT2D eigenvalue weighted by Gasteiger charge is 2.09. The summed E-state index contributed by atoms with van der Waals surface area (Å²) in [6, 6.07) is 10.3. The van der Waals surface area contributed by atoms with Crippen molar-refractivity contribution >= 4 is 0 Å². The van der Waals surface area contributed by atoms with E-state index < -0.39 is 0 Å². The monoisotopic (exact) mass is 300 g/mol. The number of aromatic nitrogens is 1. The molecule has 0 bridgehead atoms. The highest BCUT2D eigenvalue weighted by molar-refractivity contribution is 5.62. The van der Waals surface area contributed by atoms with E-state index >= 15 is 0 Å². The van der Waals surface area contributed by atoms with Gasteiger partial charge in [0, 0.05) is 24.4 Å². The number of hydrogen-bond donors (Lipinski definition) is 0. The molecular weight excluding hydrogens is 279 g/mol. The maximum Gasteiger partial charge on any atom is 0.213 e. The molecule has 0 unspecified atom stereocenters.